The molecule has 1 aliphatic carbocycles. The third kappa shape index (κ3) is 2.95. The van der Waals surface area contributed by atoms with Gasteiger partial charge in [-0.1, -0.05) is 0 Å². The third-order valence-electron chi connectivity index (χ3n) is 4.12. The standard InChI is InChI=1S/C16H13F4N5O/c1-8(17)14-23-22-13-3-2-12(24-25(13)14)9-4-11(18)15(21-6-9)26-7-10-5-16(10,19)20/h2-4,6,8,10H,5,7H2,1H3/t8?,10-/m0/s1. The van der Waals surface area contributed by atoms with Crippen molar-refractivity contribution in [3.05, 3.63) is 36.0 Å². The molecular weight excluding hydrogens is 354 g/mol. The van der Waals surface area contributed by atoms with E-state index in [0.29, 0.717) is 16.9 Å². The lowest BCUT2D eigenvalue weighted by molar-refractivity contribution is 0.0842. The lowest BCUT2D eigenvalue weighted by Gasteiger charge is -2.08. The first kappa shape index (κ1) is 16.7. The second-order valence-corrected chi connectivity index (χ2v) is 6.15. The number of hydrogen-bond acceptors (Lipinski definition) is 5. The van der Waals surface area contributed by atoms with E-state index in [1.165, 1.54) is 17.6 Å². The van der Waals surface area contributed by atoms with Crippen LogP contribution < -0.4 is 4.74 Å². The molecule has 0 aromatic carbocycles. The first-order chi connectivity index (χ1) is 12.3. The van der Waals surface area contributed by atoms with E-state index >= 15 is 0 Å². The van der Waals surface area contributed by atoms with E-state index in [0.717, 1.165) is 6.07 Å². The maximum absolute atomic E-state index is 14.2. The van der Waals surface area contributed by atoms with Gasteiger partial charge in [0.1, 0.15) is 0 Å². The van der Waals surface area contributed by atoms with Crippen molar-refractivity contribution in [1.29, 1.82) is 0 Å². The summed E-state index contributed by atoms with van der Waals surface area (Å²) in [7, 11) is 0. The molecule has 3 aromatic heterocycles. The first-order valence-electron chi connectivity index (χ1n) is 7.88. The highest BCUT2D eigenvalue weighted by atomic mass is 19.3. The number of aromatic nitrogens is 5. The second kappa shape index (κ2) is 5.89. The molecule has 136 valence electrons. The van der Waals surface area contributed by atoms with Crippen LogP contribution in [0.3, 0.4) is 0 Å². The molecule has 2 atom stereocenters. The van der Waals surface area contributed by atoms with E-state index in [1.54, 1.807) is 12.1 Å². The number of pyridine rings is 1. The Bertz CT molecular complexity index is 974. The summed E-state index contributed by atoms with van der Waals surface area (Å²) in [5, 5.41) is 11.7. The Morgan fingerprint density at radius 3 is 2.77 bits per heavy atom. The van der Waals surface area contributed by atoms with Gasteiger partial charge in [0.15, 0.2) is 23.5 Å². The fourth-order valence-corrected chi connectivity index (χ4v) is 2.51. The van der Waals surface area contributed by atoms with Crippen molar-refractivity contribution < 1.29 is 22.3 Å². The number of alkyl halides is 3. The number of ether oxygens (including phenoxy) is 1. The second-order valence-electron chi connectivity index (χ2n) is 6.15. The van der Waals surface area contributed by atoms with E-state index in [2.05, 4.69) is 20.3 Å². The number of hydrogen-bond donors (Lipinski definition) is 0. The number of fused-ring (bicyclic) bond motifs is 1. The maximum atomic E-state index is 14.2. The molecule has 1 fully saturated rings. The Kier molecular flexibility index (Phi) is 3.78. The summed E-state index contributed by atoms with van der Waals surface area (Å²) >= 11 is 0. The molecule has 6 nitrogen and oxygen atoms in total. The molecule has 0 bridgehead atoms. The summed E-state index contributed by atoms with van der Waals surface area (Å²) in [6.07, 6.45) is -0.329. The Labute approximate surface area is 144 Å². The molecule has 3 aromatic rings. The Morgan fingerprint density at radius 2 is 2.12 bits per heavy atom. The topological polar surface area (TPSA) is 65.2 Å². The molecule has 0 N–H and O–H groups in total. The van der Waals surface area contributed by atoms with E-state index in [9.17, 15) is 17.6 Å². The average Bonchev–Trinajstić information content (AvgIpc) is 3.02. The summed E-state index contributed by atoms with van der Waals surface area (Å²) in [5.41, 5.74) is 0.998. The third-order valence-corrected chi connectivity index (χ3v) is 4.12. The van der Waals surface area contributed by atoms with Gasteiger partial charge in [0.05, 0.1) is 18.2 Å². The zero-order valence-electron chi connectivity index (χ0n) is 13.5. The highest BCUT2D eigenvalue weighted by Crippen LogP contribution is 2.48. The maximum Gasteiger partial charge on any atom is 0.255 e. The fraction of sp³-hybridized carbons (Fsp3) is 0.375. The zero-order chi connectivity index (χ0) is 18.5. The van der Waals surface area contributed by atoms with Crippen molar-refractivity contribution in [3.8, 4) is 17.1 Å². The number of halogens is 4. The highest BCUT2D eigenvalue weighted by Gasteiger charge is 2.57. The molecule has 0 amide bonds. The smallest absolute Gasteiger partial charge is 0.255 e. The summed E-state index contributed by atoms with van der Waals surface area (Å²) in [6.45, 7) is 1.01. The van der Waals surface area contributed by atoms with Gasteiger partial charge in [-0.3, -0.25) is 0 Å². The minimum absolute atomic E-state index is 0.0283. The van der Waals surface area contributed by atoms with Crippen molar-refractivity contribution >= 4 is 5.65 Å². The zero-order valence-corrected chi connectivity index (χ0v) is 13.5. The molecule has 1 saturated carbocycles. The molecular formula is C16H13F4N5O. The van der Waals surface area contributed by atoms with Crippen LogP contribution in [0.1, 0.15) is 25.3 Å². The van der Waals surface area contributed by atoms with Gasteiger partial charge in [-0.25, -0.2) is 22.5 Å². The van der Waals surface area contributed by atoms with Crippen LogP contribution in [0.4, 0.5) is 17.6 Å². The van der Waals surface area contributed by atoms with Crippen LogP contribution in [-0.2, 0) is 0 Å². The largest absolute Gasteiger partial charge is 0.475 e. The van der Waals surface area contributed by atoms with Gasteiger partial charge >= 0.3 is 0 Å². The van der Waals surface area contributed by atoms with Crippen molar-refractivity contribution in [1.82, 2.24) is 24.8 Å². The van der Waals surface area contributed by atoms with Crippen molar-refractivity contribution in [2.75, 3.05) is 6.61 Å². The predicted octanol–water partition coefficient (Wildman–Crippen LogP) is 3.39. The Hall–Kier alpha value is -2.78. The molecule has 0 saturated heterocycles. The van der Waals surface area contributed by atoms with E-state index in [4.69, 9.17) is 4.74 Å². The van der Waals surface area contributed by atoms with Crippen LogP contribution in [0, 0.1) is 11.7 Å². The van der Waals surface area contributed by atoms with E-state index < -0.39 is 23.8 Å². The van der Waals surface area contributed by atoms with Crippen LogP contribution >= 0.6 is 0 Å². The lowest BCUT2D eigenvalue weighted by atomic mass is 10.2. The van der Waals surface area contributed by atoms with Crippen molar-refractivity contribution in [2.24, 2.45) is 5.92 Å². The molecule has 26 heavy (non-hydrogen) atoms. The van der Waals surface area contributed by atoms with Gasteiger partial charge in [0, 0.05) is 18.2 Å². The molecule has 0 radical (unpaired) electrons. The molecule has 1 unspecified atom stereocenters. The monoisotopic (exact) mass is 367 g/mol. The fourth-order valence-electron chi connectivity index (χ4n) is 2.51. The van der Waals surface area contributed by atoms with Crippen LogP contribution in [0.15, 0.2) is 24.4 Å². The van der Waals surface area contributed by atoms with Gasteiger partial charge in [0.2, 0.25) is 5.88 Å². The lowest BCUT2D eigenvalue weighted by Crippen LogP contribution is -2.08. The molecule has 0 spiro atoms. The normalized spacial score (nSPS) is 19.5. The number of nitrogens with zero attached hydrogens (tertiary/aromatic N) is 5. The van der Waals surface area contributed by atoms with Crippen LogP contribution in [0.2, 0.25) is 0 Å². The summed E-state index contributed by atoms with van der Waals surface area (Å²) in [5.74, 6) is -4.75. The van der Waals surface area contributed by atoms with E-state index in [1.807, 2.05) is 0 Å². The first-order valence-corrected chi connectivity index (χ1v) is 7.88. The Morgan fingerprint density at radius 1 is 1.35 bits per heavy atom. The van der Waals surface area contributed by atoms with Gasteiger partial charge in [-0.15, -0.1) is 10.2 Å². The van der Waals surface area contributed by atoms with Gasteiger partial charge in [0.25, 0.3) is 5.92 Å². The van der Waals surface area contributed by atoms with Crippen LogP contribution in [0.5, 0.6) is 5.88 Å². The molecule has 3 heterocycles. The quantitative estimate of drug-likeness (QED) is 0.647. The van der Waals surface area contributed by atoms with E-state index in [-0.39, 0.29) is 24.7 Å². The molecule has 4 rings (SSSR count). The molecule has 0 aliphatic heterocycles. The molecule has 1 aliphatic rings. The molecule has 10 heteroatoms. The van der Waals surface area contributed by atoms with Gasteiger partial charge in [-0.2, -0.15) is 9.61 Å². The summed E-state index contributed by atoms with van der Waals surface area (Å²) in [4.78, 5) is 3.83. The van der Waals surface area contributed by atoms with Crippen molar-refractivity contribution in [2.45, 2.75) is 25.4 Å². The van der Waals surface area contributed by atoms with Crippen molar-refractivity contribution in [3.63, 3.8) is 0 Å². The SMILES string of the molecule is CC(F)c1nnc2ccc(-c3cnc(OC[C@@H]4CC4(F)F)c(F)c3)nn12. The number of rotatable bonds is 5. The minimum Gasteiger partial charge on any atom is -0.475 e. The average molecular weight is 367 g/mol. The minimum atomic E-state index is -2.74. The summed E-state index contributed by atoms with van der Waals surface area (Å²) < 4.78 is 59.7. The predicted molar refractivity (Wildman–Crippen MR) is 82.0 cm³/mol. The van der Waals surface area contributed by atoms with Crippen LogP contribution in [0.25, 0.3) is 16.9 Å². The van der Waals surface area contributed by atoms with Gasteiger partial charge in [-0.05, 0) is 25.1 Å². The Balaban J connectivity index is 1.58. The van der Waals surface area contributed by atoms with Gasteiger partial charge < -0.3 is 4.74 Å². The summed E-state index contributed by atoms with van der Waals surface area (Å²) in [6, 6.07) is 4.27. The van der Waals surface area contributed by atoms with Crippen LogP contribution in [-0.4, -0.2) is 37.3 Å². The highest BCUT2D eigenvalue weighted by molar-refractivity contribution is 5.59.